The molecule has 1 unspecified atom stereocenters. The van der Waals surface area contributed by atoms with Crippen LogP contribution in [0.2, 0.25) is 0 Å². The monoisotopic (exact) mass is 560 g/mol. The van der Waals surface area contributed by atoms with Crippen LogP contribution in [0, 0.1) is 24.7 Å². The Balaban J connectivity index is 0.940. The summed E-state index contributed by atoms with van der Waals surface area (Å²) in [6, 6.07) is 5.16. The smallest absolute Gasteiger partial charge is 0.262 e. The van der Waals surface area contributed by atoms with Crippen LogP contribution in [0.5, 0.6) is 0 Å². The number of carbonyl (C=O) groups excluding carboxylic acids is 2. The number of rotatable bonds is 8. The van der Waals surface area contributed by atoms with E-state index >= 15 is 0 Å². The highest BCUT2D eigenvalue weighted by Crippen LogP contribution is 2.55. The molecule has 9 nitrogen and oxygen atoms in total. The number of piperazine rings is 1. The topological polar surface area (TPSA) is 99.6 Å². The predicted molar refractivity (Wildman–Crippen MR) is 157 cm³/mol. The van der Waals surface area contributed by atoms with Gasteiger partial charge in [-0.05, 0) is 101 Å². The first kappa shape index (κ1) is 27.2. The molecule has 2 aromatic rings. The van der Waals surface area contributed by atoms with E-state index in [4.69, 9.17) is 0 Å². The quantitative estimate of drug-likeness (QED) is 0.479. The molecule has 1 atom stereocenters. The zero-order valence-electron chi connectivity index (χ0n) is 24.4. The number of amides is 2. The fraction of sp³-hybridized carbons (Fsp3) is 0.688. The van der Waals surface area contributed by atoms with Gasteiger partial charge in [0.15, 0.2) is 0 Å². The van der Waals surface area contributed by atoms with E-state index in [1.165, 1.54) is 43.1 Å². The number of aromatic nitrogens is 2. The molecule has 2 saturated heterocycles. The molecule has 1 aromatic heterocycles. The summed E-state index contributed by atoms with van der Waals surface area (Å²) >= 11 is 0. The van der Waals surface area contributed by atoms with Crippen molar-refractivity contribution in [2.45, 2.75) is 82.7 Å². The molecule has 2 N–H and O–H groups in total. The summed E-state index contributed by atoms with van der Waals surface area (Å²) in [5.41, 5.74) is 1.90. The minimum Gasteiger partial charge on any atom is -0.301 e. The first-order valence-electron chi connectivity index (χ1n) is 15.9. The van der Waals surface area contributed by atoms with Crippen molar-refractivity contribution in [3.8, 4) is 0 Å². The third kappa shape index (κ3) is 5.37. The standard InChI is InChI=1S/C32H44N6O3/c1-21-34-26-6-2-4-25(29(26)31(41)38(21)27-7-8-28(39)35-30(27)40)5-3-9-36-10-12-37(13-11-36)20-33-32-17-22-14-23(18-32)16-24(15-22)19-32/h2,4,6,22-24,27,33H,3,5,7-20H2,1H3,(H,35,39,40). The van der Waals surface area contributed by atoms with Gasteiger partial charge in [0, 0.05) is 44.8 Å². The molecule has 4 aliphatic carbocycles. The van der Waals surface area contributed by atoms with Gasteiger partial charge >= 0.3 is 0 Å². The second-order valence-corrected chi connectivity index (χ2v) is 13.7. The Labute approximate surface area is 242 Å². The Morgan fingerprint density at radius 3 is 2.34 bits per heavy atom. The second-order valence-electron chi connectivity index (χ2n) is 13.7. The van der Waals surface area contributed by atoms with Crippen LogP contribution < -0.4 is 16.2 Å². The molecule has 8 rings (SSSR count). The SMILES string of the molecule is Cc1nc2cccc(CCCN3CCN(CNC45CC6CC(CC(C6)C4)C5)CC3)c2c(=O)n1C1CCC(=O)NC1=O. The van der Waals surface area contributed by atoms with Crippen molar-refractivity contribution in [1.82, 2.24) is 30.0 Å². The van der Waals surface area contributed by atoms with Crippen LogP contribution in [-0.2, 0) is 16.0 Å². The Hall–Kier alpha value is -2.62. The van der Waals surface area contributed by atoms with Gasteiger partial charge in [-0.3, -0.25) is 34.5 Å². The molecule has 6 aliphatic rings. The van der Waals surface area contributed by atoms with E-state index in [-0.39, 0.29) is 17.9 Å². The summed E-state index contributed by atoms with van der Waals surface area (Å²) in [4.78, 5) is 47.7. The summed E-state index contributed by atoms with van der Waals surface area (Å²) in [6.45, 7) is 8.17. The van der Waals surface area contributed by atoms with E-state index in [2.05, 4.69) is 25.4 Å². The summed E-state index contributed by atoms with van der Waals surface area (Å²) < 4.78 is 1.49. The maximum absolute atomic E-state index is 13.7. The lowest BCUT2D eigenvalue weighted by atomic mass is 9.53. The Morgan fingerprint density at radius 2 is 1.66 bits per heavy atom. The van der Waals surface area contributed by atoms with E-state index in [9.17, 15) is 14.4 Å². The van der Waals surface area contributed by atoms with Gasteiger partial charge in [0.05, 0.1) is 10.9 Å². The highest BCUT2D eigenvalue weighted by atomic mass is 16.2. The summed E-state index contributed by atoms with van der Waals surface area (Å²) in [6.07, 6.45) is 11.0. The number of aryl methyl sites for hydroxylation is 2. The van der Waals surface area contributed by atoms with Crippen molar-refractivity contribution >= 4 is 22.7 Å². The number of benzene rings is 1. The number of nitrogens with zero attached hydrogens (tertiary/aromatic N) is 4. The lowest BCUT2D eigenvalue weighted by molar-refractivity contribution is -0.135. The zero-order chi connectivity index (χ0) is 28.1. The molecule has 2 amide bonds. The molecule has 9 heteroatoms. The summed E-state index contributed by atoms with van der Waals surface area (Å²) in [7, 11) is 0. The van der Waals surface area contributed by atoms with Gasteiger partial charge in [-0.25, -0.2) is 4.98 Å². The predicted octanol–water partition coefficient (Wildman–Crippen LogP) is 2.75. The van der Waals surface area contributed by atoms with Crippen molar-refractivity contribution in [3.63, 3.8) is 0 Å². The third-order valence-corrected chi connectivity index (χ3v) is 10.8. The molecule has 1 aromatic carbocycles. The lowest BCUT2D eigenvalue weighted by Crippen LogP contribution is -2.61. The number of nitrogens with one attached hydrogen (secondary N) is 2. The number of fused-ring (bicyclic) bond motifs is 1. The molecule has 220 valence electrons. The normalized spacial score (nSPS) is 32.1. The third-order valence-electron chi connectivity index (χ3n) is 10.8. The second kappa shape index (κ2) is 10.9. The number of piperidine rings is 1. The van der Waals surface area contributed by atoms with Gasteiger partial charge in [-0.2, -0.15) is 0 Å². The highest BCUT2D eigenvalue weighted by Gasteiger charge is 2.50. The molecule has 0 radical (unpaired) electrons. The van der Waals surface area contributed by atoms with E-state index < -0.39 is 11.9 Å². The zero-order valence-corrected chi connectivity index (χ0v) is 24.4. The largest absolute Gasteiger partial charge is 0.301 e. The first-order chi connectivity index (χ1) is 19.9. The van der Waals surface area contributed by atoms with Crippen molar-refractivity contribution < 1.29 is 9.59 Å². The van der Waals surface area contributed by atoms with Crippen molar-refractivity contribution in [1.29, 1.82) is 0 Å². The van der Waals surface area contributed by atoms with Gasteiger partial charge in [0.2, 0.25) is 11.8 Å². The molecule has 3 heterocycles. The summed E-state index contributed by atoms with van der Waals surface area (Å²) in [5.74, 6) is 2.74. The van der Waals surface area contributed by atoms with Crippen LogP contribution in [0.3, 0.4) is 0 Å². The summed E-state index contributed by atoms with van der Waals surface area (Å²) in [5, 5.41) is 7.04. The number of hydrogen-bond acceptors (Lipinski definition) is 7. The lowest BCUT2D eigenvalue weighted by Gasteiger charge is -2.57. The van der Waals surface area contributed by atoms with Gasteiger partial charge < -0.3 is 4.90 Å². The van der Waals surface area contributed by atoms with Crippen LogP contribution in [0.25, 0.3) is 10.9 Å². The average Bonchev–Trinajstić information content (AvgIpc) is 2.93. The Morgan fingerprint density at radius 1 is 0.976 bits per heavy atom. The van der Waals surface area contributed by atoms with Crippen molar-refractivity contribution in [2.75, 3.05) is 39.4 Å². The van der Waals surface area contributed by atoms with E-state index in [1.807, 2.05) is 18.2 Å². The van der Waals surface area contributed by atoms with Crippen LogP contribution >= 0.6 is 0 Å². The van der Waals surface area contributed by atoms with Crippen LogP contribution in [-0.4, -0.2) is 76.1 Å². The minimum atomic E-state index is -0.695. The minimum absolute atomic E-state index is 0.183. The van der Waals surface area contributed by atoms with Gasteiger partial charge in [0.25, 0.3) is 5.56 Å². The van der Waals surface area contributed by atoms with Gasteiger partial charge in [-0.1, -0.05) is 12.1 Å². The van der Waals surface area contributed by atoms with E-state index in [1.54, 1.807) is 6.92 Å². The van der Waals surface area contributed by atoms with Crippen molar-refractivity contribution in [2.24, 2.45) is 17.8 Å². The van der Waals surface area contributed by atoms with Crippen LogP contribution in [0.4, 0.5) is 0 Å². The molecular weight excluding hydrogens is 516 g/mol. The molecular formula is C32H44N6O3. The fourth-order valence-electron chi connectivity index (χ4n) is 9.20. The highest BCUT2D eigenvalue weighted by molar-refractivity contribution is 5.99. The van der Waals surface area contributed by atoms with Crippen LogP contribution in [0.1, 0.15) is 75.2 Å². The molecule has 41 heavy (non-hydrogen) atoms. The maximum atomic E-state index is 13.7. The fourth-order valence-corrected chi connectivity index (χ4v) is 9.20. The first-order valence-corrected chi connectivity index (χ1v) is 15.9. The van der Waals surface area contributed by atoms with E-state index in [0.29, 0.717) is 28.7 Å². The van der Waals surface area contributed by atoms with Gasteiger partial charge in [0.1, 0.15) is 11.9 Å². The molecule has 6 fully saturated rings. The van der Waals surface area contributed by atoms with Crippen LogP contribution in [0.15, 0.2) is 23.0 Å². The molecule has 4 saturated carbocycles. The Bertz CT molecular complexity index is 1360. The Kier molecular flexibility index (Phi) is 7.24. The van der Waals surface area contributed by atoms with E-state index in [0.717, 1.165) is 75.6 Å². The van der Waals surface area contributed by atoms with Crippen molar-refractivity contribution in [3.05, 3.63) is 39.9 Å². The number of imide groups is 1. The maximum Gasteiger partial charge on any atom is 0.262 e. The number of carbonyl (C=O) groups is 2. The molecule has 0 spiro atoms. The van der Waals surface area contributed by atoms with Gasteiger partial charge in [-0.15, -0.1) is 0 Å². The molecule has 4 bridgehead atoms. The average molecular weight is 561 g/mol. The number of hydrogen-bond donors (Lipinski definition) is 2. The molecule has 2 aliphatic heterocycles.